The molecular formula is C14H19N3O6S. The van der Waals surface area contributed by atoms with Crippen LogP contribution < -0.4 is 5.73 Å². The van der Waals surface area contributed by atoms with E-state index in [1.54, 1.807) is 0 Å². The first kappa shape index (κ1) is 18.3. The van der Waals surface area contributed by atoms with Gasteiger partial charge >= 0.3 is 0 Å². The number of benzene rings is 1. The Kier molecular flexibility index (Phi) is 5.52. The van der Waals surface area contributed by atoms with Crippen molar-refractivity contribution in [1.29, 1.82) is 0 Å². The van der Waals surface area contributed by atoms with E-state index >= 15 is 0 Å². The molecular weight excluding hydrogens is 338 g/mol. The number of nitro groups is 1. The number of amides is 1. The zero-order valence-corrected chi connectivity index (χ0v) is 13.7. The van der Waals surface area contributed by atoms with E-state index < -0.39 is 39.5 Å². The summed E-state index contributed by atoms with van der Waals surface area (Å²) in [4.78, 5) is 21.2. The number of nitrogens with two attached hydrogens (primary N) is 1. The Morgan fingerprint density at radius 2 is 1.79 bits per heavy atom. The Morgan fingerprint density at radius 3 is 2.25 bits per heavy atom. The average molecular weight is 357 g/mol. The molecule has 132 valence electrons. The lowest BCUT2D eigenvalue weighted by Crippen LogP contribution is -2.46. The number of sulfonamides is 1. The summed E-state index contributed by atoms with van der Waals surface area (Å²) >= 11 is 0. The predicted octanol–water partition coefficient (Wildman–Crippen LogP) is 0.374. The Balaban J connectivity index is 2.32. The van der Waals surface area contributed by atoms with Gasteiger partial charge in [0.05, 0.1) is 22.5 Å². The molecule has 0 atom stereocenters. The van der Waals surface area contributed by atoms with Gasteiger partial charge in [-0.2, -0.15) is 4.31 Å². The van der Waals surface area contributed by atoms with Crippen molar-refractivity contribution in [2.24, 2.45) is 5.73 Å². The van der Waals surface area contributed by atoms with Gasteiger partial charge in [-0.15, -0.1) is 0 Å². The number of aliphatic hydroxyl groups excluding tert-OH is 1. The molecule has 0 bridgehead atoms. The number of hydrogen-bond donors (Lipinski definition) is 2. The van der Waals surface area contributed by atoms with Crippen molar-refractivity contribution in [3.63, 3.8) is 0 Å². The number of nitro benzene ring substituents is 1. The van der Waals surface area contributed by atoms with Gasteiger partial charge in [-0.3, -0.25) is 14.9 Å². The number of primary amides is 1. The van der Waals surface area contributed by atoms with Gasteiger partial charge in [0.2, 0.25) is 15.9 Å². The predicted molar refractivity (Wildman–Crippen MR) is 84.4 cm³/mol. The number of hydrogen-bond acceptors (Lipinski definition) is 6. The largest absolute Gasteiger partial charge is 0.393 e. The number of nitrogens with zero attached hydrogens (tertiary/aromatic N) is 2. The summed E-state index contributed by atoms with van der Waals surface area (Å²) in [6.45, 7) is -0.472. The van der Waals surface area contributed by atoms with Crippen LogP contribution in [0.1, 0.15) is 25.7 Å². The second-order valence-corrected chi connectivity index (χ2v) is 7.62. The topological polar surface area (TPSA) is 144 Å². The molecule has 0 radical (unpaired) electrons. The van der Waals surface area contributed by atoms with Gasteiger partial charge in [0, 0.05) is 18.2 Å². The SMILES string of the molecule is NC(=O)CN([C@H]1CC[C@H](O)CC1)S(=O)(=O)c1ccc([N+](=O)[O-])cc1. The number of non-ortho nitro benzene ring substituents is 1. The van der Waals surface area contributed by atoms with Gasteiger partial charge in [0.1, 0.15) is 0 Å². The third-order valence-electron chi connectivity index (χ3n) is 4.04. The molecule has 1 amide bonds. The van der Waals surface area contributed by atoms with Gasteiger partial charge < -0.3 is 10.8 Å². The van der Waals surface area contributed by atoms with E-state index in [1.807, 2.05) is 0 Å². The maximum atomic E-state index is 12.8. The minimum Gasteiger partial charge on any atom is -0.393 e. The lowest BCUT2D eigenvalue weighted by atomic mass is 9.93. The van der Waals surface area contributed by atoms with E-state index in [2.05, 4.69) is 0 Å². The number of carbonyl (C=O) groups excluding carboxylic acids is 1. The molecule has 1 aromatic rings. The smallest absolute Gasteiger partial charge is 0.269 e. The minimum absolute atomic E-state index is 0.138. The van der Waals surface area contributed by atoms with Crippen LogP contribution in [0.15, 0.2) is 29.2 Å². The zero-order chi connectivity index (χ0) is 17.9. The standard InChI is InChI=1S/C14H19N3O6S/c15-14(19)9-16(10-1-5-12(18)6-2-10)24(22,23)13-7-3-11(4-8-13)17(20)21/h3-4,7-8,10,12,18H,1-2,5-6,9H2,(H2,15,19)/t10-,12-. The van der Waals surface area contributed by atoms with Crippen molar-refractivity contribution in [2.75, 3.05) is 6.54 Å². The van der Waals surface area contributed by atoms with E-state index in [4.69, 9.17) is 5.73 Å². The van der Waals surface area contributed by atoms with Crippen LogP contribution in [0.4, 0.5) is 5.69 Å². The molecule has 0 heterocycles. The molecule has 24 heavy (non-hydrogen) atoms. The van der Waals surface area contributed by atoms with Gasteiger partial charge in [0.25, 0.3) is 5.69 Å². The molecule has 1 saturated carbocycles. The summed E-state index contributed by atoms with van der Waals surface area (Å²) < 4.78 is 26.7. The summed E-state index contributed by atoms with van der Waals surface area (Å²) in [5, 5.41) is 20.2. The quantitative estimate of drug-likeness (QED) is 0.556. The molecule has 1 aliphatic rings. The molecule has 10 heteroatoms. The highest BCUT2D eigenvalue weighted by molar-refractivity contribution is 7.89. The third kappa shape index (κ3) is 4.08. The van der Waals surface area contributed by atoms with Crippen LogP contribution in [0.2, 0.25) is 0 Å². The van der Waals surface area contributed by atoms with Crippen LogP contribution in [0.25, 0.3) is 0 Å². The summed E-state index contributed by atoms with van der Waals surface area (Å²) in [6.07, 6.45) is 1.24. The molecule has 1 aromatic carbocycles. The Morgan fingerprint density at radius 1 is 1.25 bits per heavy atom. The Bertz CT molecular complexity index is 711. The second-order valence-electron chi connectivity index (χ2n) is 5.73. The first-order chi connectivity index (χ1) is 11.2. The van der Waals surface area contributed by atoms with Crippen LogP contribution in [-0.4, -0.2) is 47.4 Å². The van der Waals surface area contributed by atoms with E-state index in [0.29, 0.717) is 25.7 Å². The van der Waals surface area contributed by atoms with Gasteiger partial charge in [-0.1, -0.05) is 0 Å². The fourth-order valence-electron chi connectivity index (χ4n) is 2.79. The molecule has 0 unspecified atom stereocenters. The highest BCUT2D eigenvalue weighted by Crippen LogP contribution is 2.28. The summed E-state index contributed by atoms with van der Waals surface area (Å²) in [6, 6.07) is 4.03. The van der Waals surface area contributed by atoms with Crippen LogP contribution in [-0.2, 0) is 14.8 Å². The van der Waals surface area contributed by atoms with Crippen LogP contribution in [0.3, 0.4) is 0 Å². The van der Waals surface area contributed by atoms with Gasteiger partial charge in [-0.05, 0) is 37.8 Å². The lowest BCUT2D eigenvalue weighted by molar-refractivity contribution is -0.384. The number of rotatable bonds is 6. The normalized spacial score (nSPS) is 21.6. The molecule has 0 aromatic heterocycles. The molecule has 2 rings (SSSR count). The monoisotopic (exact) mass is 357 g/mol. The molecule has 1 aliphatic carbocycles. The maximum Gasteiger partial charge on any atom is 0.269 e. The highest BCUT2D eigenvalue weighted by Gasteiger charge is 2.35. The summed E-state index contributed by atoms with van der Waals surface area (Å²) in [5.74, 6) is -0.786. The fraction of sp³-hybridized carbons (Fsp3) is 0.500. The van der Waals surface area contributed by atoms with Gasteiger partial charge in [0.15, 0.2) is 0 Å². The third-order valence-corrected chi connectivity index (χ3v) is 5.95. The molecule has 3 N–H and O–H groups in total. The zero-order valence-electron chi connectivity index (χ0n) is 12.9. The van der Waals surface area contributed by atoms with E-state index in [0.717, 1.165) is 28.6 Å². The molecule has 9 nitrogen and oxygen atoms in total. The van der Waals surface area contributed by atoms with E-state index in [-0.39, 0.29) is 10.6 Å². The lowest BCUT2D eigenvalue weighted by Gasteiger charge is -2.34. The van der Waals surface area contributed by atoms with Crippen molar-refractivity contribution in [3.8, 4) is 0 Å². The maximum absolute atomic E-state index is 12.8. The summed E-state index contributed by atoms with van der Waals surface area (Å²) in [7, 11) is -4.03. The number of aliphatic hydroxyl groups is 1. The van der Waals surface area contributed by atoms with E-state index in [9.17, 15) is 28.4 Å². The first-order valence-electron chi connectivity index (χ1n) is 7.44. The van der Waals surface area contributed by atoms with Crippen molar-refractivity contribution >= 4 is 21.6 Å². The summed E-state index contributed by atoms with van der Waals surface area (Å²) in [5.41, 5.74) is 4.96. The highest BCUT2D eigenvalue weighted by atomic mass is 32.2. The first-order valence-corrected chi connectivity index (χ1v) is 8.88. The van der Waals surface area contributed by atoms with Crippen molar-refractivity contribution in [3.05, 3.63) is 34.4 Å². The van der Waals surface area contributed by atoms with Crippen molar-refractivity contribution in [2.45, 2.75) is 42.7 Å². The van der Waals surface area contributed by atoms with Crippen molar-refractivity contribution < 1.29 is 23.2 Å². The van der Waals surface area contributed by atoms with Crippen LogP contribution in [0, 0.1) is 10.1 Å². The molecule has 0 aliphatic heterocycles. The second kappa shape index (κ2) is 7.24. The number of carbonyl (C=O) groups is 1. The van der Waals surface area contributed by atoms with E-state index in [1.165, 1.54) is 0 Å². The molecule has 1 fully saturated rings. The van der Waals surface area contributed by atoms with Crippen LogP contribution >= 0.6 is 0 Å². The van der Waals surface area contributed by atoms with Crippen molar-refractivity contribution in [1.82, 2.24) is 4.31 Å². The van der Waals surface area contributed by atoms with Crippen LogP contribution in [0.5, 0.6) is 0 Å². The average Bonchev–Trinajstić information content (AvgIpc) is 2.53. The Hall–Kier alpha value is -2.04. The molecule has 0 saturated heterocycles. The fourth-order valence-corrected chi connectivity index (χ4v) is 4.44. The van der Waals surface area contributed by atoms with Gasteiger partial charge in [-0.25, -0.2) is 8.42 Å². The Labute approximate surface area is 139 Å². The molecule has 0 spiro atoms. The minimum atomic E-state index is -4.03.